The fraction of sp³-hybridized carbons (Fsp3) is 0.643. The van der Waals surface area contributed by atoms with Gasteiger partial charge in [0.25, 0.3) is 0 Å². The molecule has 1 aromatic heterocycles. The van der Waals surface area contributed by atoms with Crippen LogP contribution in [0.2, 0.25) is 0 Å². The van der Waals surface area contributed by atoms with E-state index in [2.05, 4.69) is 0 Å². The first kappa shape index (κ1) is 14.1. The second kappa shape index (κ2) is 6.21. The van der Waals surface area contributed by atoms with Crippen molar-refractivity contribution in [2.24, 2.45) is 0 Å². The first-order chi connectivity index (χ1) is 9.10. The van der Waals surface area contributed by atoms with Crippen molar-refractivity contribution in [3.8, 4) is 0 Å². The second-order valence-corrected chi connectivity index (χ2v) is 5.23. The predicted octanol–water partition coefficient (Wildman–Crippen LogP) is 1.00. The number of rotatable bonds is 7. The van der Waals surface area contributed by atoms with Crippen molar-refractivity contribution >= 4 is 5.91 Å². The molecule has 1 fully saturated rings. The van der Waals surface area contributed by atoms with E-state index in [1.54, 1.807) is 0 Å². The third-order valence-electron chi connectivity index (χ3n) is 3.32. The fourth-order valence-corrected chi connectivity index (χ4v) is 2.12. The number of carbonyl (C=O) groups excluding carboxylic acids is 1. The van der Waals surface area contributed by atoms with Crippen molar-refractivity contribution in [3.63, 3.8) is 0 Å². The molecule has 1 heterocycles. The summed E-state index contributed by atoms with van der Waals surface area (Å²) in [7, 11) is 1.84. The Morgan fingerprint density at radius 2 is 2.21 bits per heavy atom. The molecule has 0 bridgehead atoms. The zero-order chi connectivity index (χ0) is 13.8. The fourth-order valence-electron chi connectivity index (χ4n) is 2.12. The molecular weight excluding hydrogens is 244 g/mol. The van der Waals surface area contributed by atoms with Crippen LogP contribution in [0.3, 0.4) is 0 Å². The molecule has 5 heteroatoms. The summed E-state index contributed by atoms with van der Waals surface area (Å²) in [6, 6.07) is 4.21. The zero-order valence-electron chi connectivity index (χ0n) is 11.6. The van der Waals surface area contributed by atoms with Gasteiger partial charge >= 0.3 is 0 Å². The molecule has 0 radical (unpaired) electrons. The molecule has 106 valence electrons. The Morgan fingerprint density at radius 3 is 2.74 bits per heavy atom. The van der Waals surface area contributed by atoms with Gasteiger partial charge in [0.15, 0.2) is 0 Å². The lowest BCUT2D eigenvalue weighted by molar-refractivity contribution is -0.133. The highest BCUT2D eigenvalue weighted by molar-refractivity contribution is 5.78. The van der Waals surface area contributed by atoms with E-state index in [4.69, 9.17) is 9.52 Å². The highest BCUT2D eigenvalue weighted by Crippen LogP contribution is 2.28. The van der Waals surface area contributed by atoms with Crippen molar-refractivity contribution in [2.75, 3.05) is 26.7 Å². The molecule has 0 atom stereocenters. The quantitative estimate of drug-likeness (QED) is 0.800. The molecule has 1 aliphatic rings. The molecule has 0 unspecified atom stereocenters. The molecule has 1 aliphatic carbocycles. The summed E-state index contributed by atoms with van der Waals surface area (Å²) < 4.78 is 5.55. The monoisotopic (exact) mass is 266 g/mol. The topological polar surface area (TPSA) is 56.9 Å². The number of hydrogen-bond donors (Lipinski definition) is 1. The molecule has 0 saturated heterocycles. The van der Waals surface area contributed by atoms with Crippen LogP contribution in [0, 0.1) is 6.92 Å². The van der Waals surface area contributed by atoms with Gasteiger partial charge in [-0.05, 0) is 38.9 Å². The van der Waals surface area contributed by atoms with Gasteiger partial charge in [0.05, 0.1) is 19.7 Å². The lowest BCUT2D eigenvalue weighted by atomic mass is 10.3. The van der Waals surface area contributed by atoms with Crippen LogP contribution >= 0.6 is 0 Å². The van der Waals surface area contributed by atoms with Crippen molar-refractivity contribution in [2.45, 2.75) is 32.4 Å². The number of carbonyl (C=O) groups is 1. The molecule has 2 rings (SSSR count). The van der Waals surface area contributed by atoms with Crippen molar-refractivity contribution in [3.05, 3.63) is 23.7 Å². The van der Waals surface area contributed by atoms with Gasteiger partial charge in [-0.1, -0.05) is 0 Å². The third-order valence-corrected chi connectivity index (χ3v) is 3.32. The van der Waals surface area contributed by atoms with E-state index in [-0.39, 0.29) is 12.5 Å². The number of aliphatic hydroxyl groups is 1. The summed E-state index contributed by atoms with van der Waals surface area (Å²) in [5, 5.41) is 8.87. The highest BCUT2D eigenvalue weighted by Gasteiger charge is 2.33. The van der Waals surface area contributed by atoms with Gasteiger partial charge in [-0.15, -0.1) is 0 Å². The summed E-state index contributed by atoms with van der Waals surface area (Å²) in [4.78, 5) is 16.0. The Hall–Kier alpha value is -1.33. The third kappa shape index (κ3) is 4.08. The van der Waals surface area contributed by atoms with E-state index in [0.29, 0.717) is 25.7 Å². The normalized spacial score (nSPS) is 14.9. The van der Waals surface area contributed by atoms with Crippen LogP contribution in [0.5, 0.6) is 0 Å². The molecule has 1 amide bonds. The van der Waals surface area contributed by atoms with Crippen molar-refractivity contribution in [1.29, 1.82) is 0 Å². The average molecular weight is 266 g/mol. The molecule has 0 spiro atoms. The summed E-state index contributed by atoms with van der Waals surface area (Å²) in [5.74, 6) is 1.81. The van der Waals surface area contributed by atoms with Crippen LogP contribution in [0.4, 0.5) is 0 Å². The summed E-state index contributed by atoms with van der Waals surface area (Å²) in [6.07, 6.45) is 2.16. The standard InChI is InChI=1S/C14H22N2O3/c1-11-3-6-13(19-11)9-16(12-4-5-12)14(18)10-15(2)7-8-17/h3,6,12,17H,4-5,7-10H2,1-2H3. The lowest BCUT2D eigenvalue weighted by Gasteiger charge is -2.24. The summed E-state index contributed by atoms with van der Waals surface area (Å²) >= 11 is 0. The van der Waals surface area contributed by atoms with Crippen LogP contribution in [-0.2, 0) is 11.3 Å². The van der Waals surface area contributed by atoms with E-state index in [1.165, 1.54) is 0 Å². The van der Waals surface area contributed by atoms with Gasteiger partial charge in [-0.2, -0.15) is 0 Å². The van der Waals surface area contributed by atoms with Gasteiger partial charge in [0, 0.05) is 12.6 Å². The maximum atomic E-state index is 12.3. The first-order valence-electron chi connectivity index (χ1n) is 6.74. The summed E-state index contributed by atoms with van der Waals surface area (Å²) in [5.41, 5.74) is 0. The zero-order valence-corrected chi connectivity index (χ0v) is 11.6. The summed E-state index contributed by atoms with van der Waals surface area (Å²) in [6.45, 7) is 3.39. The number of aryl methyl sites for hydroxylation is 1. The lowest BCUT2D eigenvalue weighted by Crippen LogP contribution is -2.40. The molecule has 5 nitrogen and oxygen atoms in total. The van der Waals surface area contributed by atoms with E-state index < -0.39 is 0 Å². The van der Waals surface area contributed by atoms with Crippen molar-refractivity contribution in [1.82, 2.24) is 9.80 Å². The molecule has 19 heavy (non-hydrogen) atoms. The molecule has 1 N–H and O–H groups in total. The molecule has 1 aromatic rings. The number of furan rings is 1. The molecule has 1 saturated carbocycles. The van der Waals surface area contributed by atoms with Crippen LogP contribution in [0.25, 0.3) is 0 Å². The van der Waals surface area contributed by atoms with Crippen LogP contribution in [0.15, 0.2) is 16.5 Å². The Bertz CT molecular complexity index is 426. The van der Waals surface area contributed by atoms with E-state index in [9.17, 15) is 4.79 Å². The first-order valence-corrected chi connectivity index (χ1v) is 6.74. The van der Waals surface area contributed by atoms with E-state index in [1.807, 2.05) is 35.9 Å². The minimum atomic E-state index is 0.0740. The van der Waals surface area contributed by atoms with Crippen molar-refractivity contribution < 1.29 is 14.3 Å². The van der Waals surface area contributed by atoms with Crippen LogP contribution < -0.4 is 0 Å². The van der Waals surface area contributed by atoms with Gasteiger partial charge in [-0.3, -0.25) is 9.69 Å². The van der Waals surface area contributed by atoms with Gasteiger partial charge in [-0.25, -0.2) is 0 Å². The smallest absolute Gasteiger partial charge is 0.237 e. The SMILES string of the molecule is Cc1ccc(CN(C(=O)CN(C)CCO)C2CC2)o1. The molecule has 0 aliphatic heterocycles. The van der Waals surface area contributed by atoms with Crippen LogP contribution in [0.1, 0.15) is 24.4 Å². The second-order valence-electron chi connectivity index (χ2n) is 5.23. The van der Waals surface area contributed by atoms with Gasteiger partial charge < -0.3 is 14.4 Å². The maximum absolute atomic E-state index is 12.3. The number of amides is 1. The van der Waals surface area contributed by atoms with Gasteiger partial charge in [0.1, 0.15) is 11.5 Å². The molecular formula is C14H22N2O3. The Morgan fingerprint density at radius 1 is 1.47 bits per heavy atom. The Balaban J connectivity index is 1.93. The minimum absolute atomic E-state index is 0.0740. The maximum Gasteiger partial charge on any atom is 0.237 e. The predicted molar refractivity (Wildman–Crippen MR) is 71.6 cm³/mol. The average Bonchev–Trinajstić information content (AvgIpc) is 3.10. The Kier molecular flexibility index (Phi) is 4.61. The number of aliphatic hydroxyl groups excluding tert-OH is 1. The number of hydrogen-bond acceptors (Lipinski definition) is 4. The minimum Gasteiger partial charge on any atom is -0.464 e. The number of likely N-dealkylation sites (N-methyl/N-ethyl adjacent to an activating group) is 1. The van der Waals surface area contributed by atoms with Gasteiger partial charge in [0.2, 0.25) is 5.91 Å². The molecule has 0 aromatic carbocycles. The van der Waals surface area contributed by atoms with Crippen LogP contribution in [-0.4, -0.2) is 53.6 Å². The Labute approximate surface area is 113 Å². The number of nitrogens with zero attached hydrogens (tertiary/aromatic N) is 2. The van der Waals surface area contributed by atoms with E-state index in [0.717, 1.165) is 24.4 Å². The highest BCUT2D eigenvalue weighted by atomic mass is 16.3. The largest absolute Gasteiger partial charge is 0.464 e. The van der Waals surface area contributed by atoms with E-state index >= 15 is 0 Å².